The summed E-state index contributed by atoms with van der Waals surface area (Å²) in [6.07, 6.45) is 1.90. The minimum absolute atomic E-state index is 0.0209. The lowest BCUT2D eigenvalue weighted by molar-refractivity contribution is -0.0393. The number of carbonyl (C=O) groups excluding carboxylic acids is 1. The molecule has 0 bridgehead atoms. The molecule has 15 heavy (non-hydrogen) atoms. The molecular weight excluding hydrogens is 196 g/mol. The van der Waals surface area contributed by atoms with Crippen LogP contribution in [0.3, 0.4) is 0 Å². The second-order valence-electron chi connectivity index (χ2n) is 3.49. The monoisotopic (exact) mass is 210 g/mol. The van der Waals surface area contributed by atoms with Gasteiger partial charge < -0.3 is 19.4 Å². The van der Waals surface area contributed by atoms with E-state index < -0.39 is 0 Å². The fourth-order valence-corrected chi connectivity index (χ4v) is 1.69. The summed E-state index contributed by atoms with van der Waals surface area (Å²) in [7, 11) is 1.57. The summed E-state index contributed by atoms with van der Waals surface area (Å²) < 4.78 is 11.9. The third-order valence-corrected chi connectivity index (χ3v) is 2.33. The highest BCUT2D eigenvalue weighted by molar-refractivity contribution is 5.93. The molecule has 0 spiro atoms. The summed E-state index contributed by atoms with van der Waals surface area (Å²) in [5, 5.41) is 2.88. The number of aromatic nitrogens is 1. The number of nitrogens with zero attached hydrogens (tertiary/aromatic N) is 1. The van der Waals surface area contributed by atoms with Crippen molar-refractivity contribution >= 4 is 5.91 Å². The predicted molar refractivity (Wildman–Crippen MR) is 53.5 cm³/mol. The van der Waals surface area contributed by atoms with Crippen LogP contribution in [0, 0.1) is 0 Å². The van der Waals surface area contributed by atoms with Crippen molar-refractivity contribution in [2.75, 3.05) is 20.5 Å². The highest BCUT2D eigenvalue weighted by Crippen LogP contribution is 2.09. The molecule has 2 rings (SSSR count). The molecule has 0 saturated heterocycles. The maximum absolute atomic E-state index is 11.6. The Bertz CT molecular complexity index is 348. The lowest BCUT2D eigenvalue weighted by Gasteiger charge is -2.25. The average Bonchev–Trinajstić information content (AvgIpc) is 2.66. The molecule has 2 heterocycles. The summed E-state index contributed by atoms with van der Waals surface area (Å²) in [6, 6.07) is 3.70. The van der Waals surface area contributed by atoms with E-state index >= 15 is 0 Å². The largest absolute Gasteiger partial charge is 0.359 e. The predicted octanol–water partition coefficient (Wildman–Crippen LogP) is 0.221. The fourth-order valence-electron chi connectivity index (χ4n) is 1.69. The Balaban J connectivity index is 1.94. The zero-order valence-electron chi connectivity index (χ0n) is 8.60. The van der Waals surface area contributed by atoms with Crippen LogP contribution in [0.1, 0.15) is 10.5 Å². The van der Waals surface area contributed by atoms with Crippen molar-refractivity contribution in [3.63, 3.8) is 0 Å². The van der Waals surface area contributed by atoms with Crippen LogP contribution in [-0.2, 0) is 16.0 Å². The average molecular weight is 210 g/mol. The van der Waals surface area contributed by atoms with E-state index in [1.54, 1.807) is 7.11 Å². The van der Waals surface area contributed by atoms with Crippen LogP contribution in [0.4, 0.5) is 0 Å². The molecule has 1 aromatic rings. The van der Waals surface area contributed by atoms with Crippen molar-refractivity contribution in [2.45, 2.75) is 12.6 Å². The normalized spacial score (nSPS) is 19.8. The first-order chi connectivity index (χ1) is 7.31. The molecule has 1 aliphatic heterocycles. The summed E-state index contributed by atoms with van der Waals surface area (Å²) in [5.74, 6) is -0.0442. The van der Waals surface area contributed by atoms with Crippen LogP contribution in [-0.4, -0.2) is 37.0 Å². The summed E-state index contributed by atoms with van der Waals surface area (Å²) >= 11 is 0. The summed E-state index contributed by atoms with van der Waals surface area (Å²) in [4.78, 5) is 11.6. The molecule has 0 fully saturated rings. The zero-order chi connectivity index (χ0) is 10.7. The summed E-state index contributed by atoms with van der Waals surface area (Å²) in [5.41, 5.74) is 0.706. The number of carbonyl (C=O) groups is 1. The van der Waals surface area contributed by atoms with Gasteiger partial charge in [-0.25, -0.2) is 0 Å². The molecule has 0 aromatic carbocycles. The van der Waals surface area contributed by atoms with Gasteiger partial charge in [0, 0.05) is 19.9 Å². The van der Waals surface area contributed by atoms with E-state index in [2.05, 4.69) is 5.32 Å². The number of hydrogen-bond donors (Lipinski definition) is 1. The Morgan fingerprint density at radius 1 is 1.67 bits per heavy atom. The van der Waals surface area contributed by atoms with E-state index in [1.807, 2.05) is 22.9 Å². The van der Waals surface area contributed by atoms with Crippen molar-refractivity contribution in [2.24, 2.45) is 0 Å². The third-order valence-electron chi connectivity index (χ3n) is 2.33. The highest BCUT2D eigenvalue weighted by Gasteiger charge is 2.23. The van der Waals surface area contributed by atoms with Gasteiger partial charge in [0.25, 0.3) is 5.91 Å². The van der Waals surface area contributed by atoms with E-state index in [4.69, 9.17) is 9.47 Å². The SMILES string of the molecule is COCOCC1Cn2cccc2C(=O)N1. The highest BCUT2D eigenvalue weighted by atomic mass is 16.7. The van der Waals surface area contributed by atoms with Gasteiger partial charge in [-0.3, -0.25) is 4.79 Å². The molecule has 1 N–H and O–H groups in total. The molecular formula is C10H14N2O3. The Morgan fingerprint density at radius 3 is 3.33 bits per heavy atom. The maximum Gasteiger partial charge on any atom is 0.268 e. The quantitative estimate of drug-likeness (QED) is 0.571. The Labute approximate surface area is 88.0 Å². The first-order valence-corrected chi connectivity index (χ1v) is 4.84. The second-order valence-corrected chi connectivity index (χ2v) is 3.49. The van der Waals surface area contributed by atoms with E-state index in [0.717, 1.165) is 6.54 Å². The Morgan fingerprint density at radius 2 is 2.53 bits per heavy atom. The number of nitrogens with one attached hydrogen (secondary N) is 1. The van der Waals surface area contributed by atoms with Gasteiger partial charge in [-0.2, -0.15) is 0 Å². The van der Waals surface area contributed by atoms with E-state index in [9.17, 15) is 4.79 Å². The van der Waals surface area contributed by atoms with E-state index in [0.29, 0.717) is 12.3 Å². The van der Waals surface area contributed by atoms with Crippen LogP contribution in [0.5, 0.6) is 0 Å². The molecule has 5 nitrogen and oxygen atoms in total. The number of amides is 1. The minimum Gasteiger partial charge on any atom is -0.359 e. The topological polar surface area (TPSA) is 52.5 Å². The van der Waals surface area contributed by atoms with Crippen LogP contribution < -0.4 is 5.32 Å². The fraction of sp³-hybridized carbons (Fsp3) is 0.500. The third kappa shape index (κ3) is 2.19. The maximum atomic E-state index is 11.6. The Kier molecular flexibility index (Phi) is 3.03. The molecule has 1 unspecified atom stereocenters. The smallest absolute Gasteiger partial charge is 0.268 e. The number of fused-ring (bicyclic) bond motifs is 1. The van der Waals surface area contributed by atoms with Gasteiger partial charge in [0.2, 0.25) is 0 Å². The lowest BCUT2D eigenvalue weighted by atomic mass is 10.2. The molecule has 0 aliphatic carbocycles. The van der Waals surface area contributed by atoms with Gasteiger partial charge in [0.05, 0.1) is 12.6 Å². The van der Waals surface area contributed by atoms with Crippen molar-refractivity contribution in [3.8, 4) is 0 Å². The van der Waals surface area contributed by atoms with Crippen LogP contribution >= 0.6 is 0 Å². The van der Waals surface area contributed by atoms with Crippen LogP contribution in [0.15, 0.2) is 18.3 Å². The van der Waals surface area contributed by atoms with Gasteiger partial charge in [-0.05, 0) is 12.1 Å². The zero-order valence-corrected chi connectivity index (χ0v) is 8.60. The van der Waals surface area contributed by atoms with Crippen molar-refractivity contribution in [1.82, 2.24) is 9.88 Å². The summed E-state index contributed by atoms with van der Waals surface area (Å²) in [6.45, 7) is 1.47. The number of ether oxygens (including phenoxy) is 2. The Hall–Kier alpha value is -1.33. The molecule has 1 atom stereocenters. The standard InChI is InChI=1S/C10H14N2O3/c1-14-7-15-6-8-5-12-4-2-3-9(12)10(13)11-8/h2-4,8H,5-7H2,1H3,(H,11,13). The molecule has 1 aliphatic rings. The lowest BCUT2D eigenvalue weighted by Crippen LogP contribution is -2.46. The van der Waals surface area contributed by atoms with E-state index in [-0.39, 0.29) is 18.7 Å². The first kappa shape index (κ1) is 10.2. The molecule has 0 radical (unpaired) electrons. The molecule has 5 heteroatoms. The molecule has 82 valence electrons. The molecule has 1 amide bonds. The van der Waals surface area contributed by atoms with Crippen LogP contribution in [0.25, 0.3) is 0 Å². The number of hydrogen-bond acceptors (Lipinski definition) is 3. The van der Waals surface area contributed by atoms with Gasteiger partial charge in [0.1, 0.15) is 12.5 Å². The second kappa shape index (κ2) is 4.46. The van der Waals surface area contributed by atoms with Crippen molar-refractivity contribution in [1.29, 1.82) is 0 Å². The minimum atomic E-state index is -0.0442. The molecule has 0 saturated carbocycles. The first-order valence-electron chi connectivity index (χ1n) is 4.84. The van der Waals surface area contributed by atoms with Gasteiger partial charge in [-0.1, -0.05) is 0 Å². The van der Waals surface area contributed by atoms with Gasteiger partial charge in [-0.15, -0.1) is 0 Å². The van der Waals surface area contributed by atoms with Gasteiger partial charge >= 0.3 is 0 Å². The van der Waals surface area contributed by atoms with E-state index in [1.165, 1.54) is 0 Å². The van der Waals surface area contributed by atoms with Crippen molar-refractivity contribution < 1.29 is 14.3 Å². The van der Waals surface area contributed by atoms with Gasteiger partial charge in [0.15, 0.2) is 0 Å². The molecule has 1 aromatic heterocycles. The van der Waals surface area contributed by atoms with Crippen molar-refractivity contribution in [3.05, 3.63) is 24.0 Å². The van der Waals surface area contributed by atoms with Crippen LogP contribution in [0.2, 0.25) is 0 Å². The number of rotatable bonds is 4. The number of methoxy groups -OCH3 is 1.